The highest BCUT2D eigenvalue weighted by molar-refractivity contribution is 5.96. The summed E-state index contributed by atoms with van der Waals surface area (Å²) in [5.41, 5.74) is 2.55. The van der Waals surface area contributed by atoms with Crippen molar-refractivity contribution in [1.82, 2.24) is 20.0 Å². The monoisotopic (exact) mass is 448 g/mol. The zero-order valence-corrected chi connectivity index (χ0v) is 18.6. The van der Waals surface area contributed by atoms with Gasteiger partial charge in [-0.25, -0.2) is 0 Å². The Labute approximate surface area is 193 Å². The molecule has 8 heteroatoms. The summed E-state index contributed by atoms with van der Waals surface area (Å²) in [5.74, 6) is 0.431. The van der Waals surface area contributed by atoms with Gasteiger partial charge in [-0.15, -0.1) is 0 Å². The molecule has 0 bridgehead atoms. The zero-order chi connectivity index (χ0) is 23.0. The quantitative estimate of drug-likeness (QED) is 0.572. The maximum atomic E-state index is 13.1. The van der Waals surface area contributed by atoms with Gasteiger partial charge in [-0.3, -0.25) is 14.7 Å². The molecule has 1 unspecified atom stereocenters. The number of nitrogens with zero attached hydrogens (tertiary/aromatic N) is 3. The minimum atomic E-state index is -0.325. The average Bonchev–Trinajstić information content (AvgIpc) is 3.34. The van der Waals surface area contributed by atoms with E-state index in [-0.39, 0.29) is 24.5 Å². The van der Waals surface area contributed by atoms with Crippen LogP contribution in [0.3, 0.4) is 0 Å². The van der Waals surface area contributed by atoms with Crippen LogP contribution >= 0.6 is 0 Å². The van der Waals surface area contributed by atoms with Crippen molar-refractivity contribution in [3.8, 4) is 5.75 Å². The molecule has 0 spiro atoms. The Hall–Kier alpha value is -3.65. The summed E-state index contributed by atoms with van der Waals surface area (Å²) in [7, 11) is 1.63. The Morgan fingerprint density at radius 2 is 1.94 bits per heavy atom. The molecule has 172 valence electrons. The minimum Gasteiger partial charge on any atom is -0.497 e. The minimum absolute atomic E-state index is 0.0117. The molecule has 1 aliphatic heterocycles. The first-order valence-corrected chi connectivity index (χ1v) is 11.0. The molecule has 1 N–H and O–H groups in total. The summed E-state index contributed by atoms with van der Waals surface area (Å²) in [6, 6.07) is 17.7. The van der Waals surface area contributed by atoms with Crippen LogP contribution in [0.2, 0.25) is 0 Å². The van der Waals surface area contributed by atoms with Gasteiger partial charge in [0.15, 0.2) is 0 Å². The highest BCUT2D eigenvalue weighted by Gasteiger charge is 2.31. The number of carbonyl (C=O) groups is 2. The summed E-state index contributed by atoms with van der Waals surface area (Å²) in [5, 5.41) is 6.52. The highest BCUT2D eigenvalue weighted by Crippen LogP contribution is 2.17. The van der Waals surface area contributed by atoms with Crippen LogP contribution in [0, 0.1) is 0 Å². The first-order valence-electron chi connectivity index (χ1n) is 11.0. The number of aromatic amines is 1. The highest BCUT2D eigenvalue weighted by atomic mass is 16.5. The fourth-order valence-corrected chi connectivity index (χ4v) is 3.89. The third kappa shape index (κ3) is 5.98. The van der Waals surface area contributed by atoms with Crippen molar-refractivity contribution >= 4 is 11.8 Å². The number of hydrogen-bond donors (Lipinski definition) is 1. The normalized spacial score (nSPS) is 16.5. The molecular weight excluding hydrogens is 420 g/mol. The predicted molar refractivity (Wildman–Crippen MR) is 123 cm³/mol. The molecule has 1 aromatic heterocycles. The van der Waals surface area contributed by atoms with Crippen molar-refractivity contribution in [2.75, 3.05) is 33.3 Å². The van der Waals surface area contributed by atoms with E-state index in [1.54, 1.807) is 16.9 Å². The number of methoxy groups -OCH3 is 1. The van der Waals surface area contributed by atoms with E-state index in [9.17, 15) is 9.59 Å². The molecule has 3 aromatic rings. The van der Waals surface area contributed by atoms with E-state index in [4.69, 9.17) is 9.47 Å². The van der Waals surface area contributed by atoms with Crippen LogP contribution in [0.1, 0.15) is 21.5 Å². The fourth-order valence-electron chi connectivity index (χ4n) is 3.89. The fraction of sp³-hybridized carbons (Fsp3) is 0.320. The lowest BCUT2D eigenvalue weighted by Crippen LogP contribution is -2.40. The molecule has 1 aliphatic rings. The van der Waals surface area contributed by atoms with Crippen molar-refractivity contribution in [1.29, 1.82) is 0 Å². The Balaban J connectivity index is 1.48. The molecule has 0 aliphatic carbocycles. The number of hydrogen-bond acceptors (Lipinski definition) is 5. The Bertz CT molecular complexity index is 1060. The second kappa shape index (κ2) is 10.8. The molecule has 8 nitrogen and oxygen atoms in total. The molecular formula is C25H28N4O4. The van der Waals surface area contributed by atoms with Crippen molar-refractivity contribution in [2.24, 2.45) is 0 Å². The predicted octanol–water partition coefficient (Wildman–Crippen LogP) is 2.53. The molecule has 1 saturated heterocycles. The van der Waals surface area contributed by atoms with Crippen LogP contribution in [0.25, 0.3) is 0 Å². The number of amides is 2. The van der Waals surface area contributed by atoms with E-state index in [2.05, 4.69) is 10.2 Å². The van der Waals surface area contributed by atoms with E-state index in [1.165, 1.54) is 12.4 Å². The summed E-state index contributed by atoms with van der Waals surface area (Å²) in [6.45, 7) is 1.68. The maximum absolute atomic E-state index is 13.1. The van der Waals surface area contributed by atoms with Gasteiger partial charge in [-0.2, -0.15) is 5.10 Å². The molecule has 2 amide bonds. The van der Waals surface area contributed by atoms with Crippen molar-refractivity contribution in [3.05, 3.63) is 83.7 Å². The van der Waals surface area contributed by atoms with Crippen molar-refractivity contribution < 1.29 is 19.1 Å². The molecule has 4 rings (SSSR count). The Kier molecular flexibility index (Phi) is 7.36. The molecule has 33 heavy (non-hydrogen) atoms. The van der Waals surface area contributed by atoms with Crippen LogP contribution in [0.5, 0.6) is 5.75 Å². The van der Waals surface area contributed by atoms with Gasteiger partial charge < -0.3 is 19.3 Å². The zero-order valence-electron chi connectivity index (χ0n) is 18.6. The van der Waals surface area contributed by atoms with E-state index >= 15 is 0 Å². The lowest BCUT2D eigenvalue weighted by molar-refractivity contribution is -0.131. The van der Waals surface area contributed by atoms with E-state index in [1.807, 2.05) is 54.6 Å². The van der Waals surface area contributed by atoms with E-state index in [0.717, 1.165) is 23.3 Å². The SMILES string of the molecule is COc1cccc(COC2CN(CCc3ccccc3)C(=O)CN(C(=O)c3cn[nH]c3)C2)c1. The number of aromatic nitrogens is 2. The second-order valence-electron chi connectivity index (χ2n) is 8.03. The van der Waals surface area contributed by atoms with E-state index < -0.39 is 0 Å². The summed E-state index contributed by atoms with van der Waals surface area (Å²) in [4.78, 5) is 29.4. The number of ether oxygens (including phenoxy) is 2. The second-order valence-corrected chi connectivity index (χ2v) is 8.03. The number of rotatable bonds is 8. The van der Waals surface area contributed by atoms with Crippen LogP contribution in [0.4, 0.5) is 0 Å². The van der Waals surface area contributed by atoms with Gasteiger partial charge in [0.05, 0.1) is 31.6 Å². The third-order valence-corrected chi connectivity index (χ3v) is 5.69. The smallest absolute Gasteiger partial charge is 0.257 e. The molecule has 1 atom stereocenters. The summed E-state index contributed by atoms with van der Waals surface area (Å²) >= 11 is 0. The first kappa shape index (κ1) is 22.5. The molecule has 2 aromatic carbocycles. The summed E-state index contributed by atoms with van der Waals surface area (Å²) < 4.78 is 11.5. The van der Waals surface area contributed by atoms with Crippen LogP contribution in [-0.4, -0.2) is 71.2 Å². The molecule has 0 saturated carbocycles. The Morgan fingerprint density at radius 1 is 1.12 bits per heavy atom. The first-order chi connectivity index (χ1) is 16.1. The number of benzene rings is 2. The lowest BCUT2D eigenvalue weighted by Gasteiger charge is -2.25. The average molecular weight is 449 g/mol. The Morgan fingerprint density at radius 3 is 2.70 bits per heavy atom. The molecule has 2 heterocycles. The van der Waals surface area contributed by atoms with Crippen LogP contribution in [0.15, 0.2) is 67.0 Å². The van der Waals surface area contributed by atoms with Crippen LogP contribution in [-0.2, 0) is 22.6 Å². The molecule has 1 fully saturated rings. The lowest BCUT2D eigenvalue weighted by atomic mass is 10.1. The topological polar surface area (TPSA) is 87.8 Å². The van der Waals surface area contributed by atoms with Gasteiger partial charge in [-0.1, -0.05) is 42.5 Å². The van der Waals surface area contributed by atoms with Crippen molar-refractivity contribution in [3.63, 3.8) is 0 Å². The summed E-state index contributed by atoms with van der Waals surface area (Å²) in [6.07, 6.45) is 3.42. The standard InChI is InChI=1S/C25H28N4O4/c1-32-22-9-5-8-20(12-22)18-33-23-15-28(11-10-19-6-3-2-4-7-19)24(30)17-29(16-23)25(31)21-13-26-27-14-21/h2-9,12-14,23H,10-11,15-18H2,1H3,(H,26,27). The van der Waals surface area contributed by atoms with Crippen LogP contribution < -0.4 is 4.74 Å². The maximum Gasteiger partial charge on any atom is 0.257 e. The largest absolute Gasteiger partial charge is 0.497 e. The van der Waals surface area contributed by atoms with E-state index in [0.29, 0.717) is 31.8 Å². The van der Waals surface area contributed by atoms with Gasteiger partial charge in [0, 0.05) is 25.8 Å². The van der Waals surface area contributed by atoms with Gasteiger partial charge in [0.2, 0.25) is 5.91 Å². The van der Waals surface area contributed by atoms with Gasteiger partial charge in [0.1, 0.15) is 12.3 Å². The molecule has 0 radical (unpaired) electrons. The van der Waals surface area contributed by atoms with Gasteiger partial charge >= 0.3 is 0 Å². The number of carbonyl (C=O) groups excluding carboxylic acids is 2. The van der Waals surface area contributed by atoms with Gasteiger partial charge in [0.25, 0.3) is 5.91 Å². The third-order valence-electron chi connectivity index (χ3n) is 5.69. The number of H-pyrrole nitrogens is 1. The number of nitrogens with one attached hydrogen (secondary N) is 1. The van der Waals surface area contributed by atoms with Crippen molar-refractivity contribution in [2.45, 2.75) is 19.1 Å². The van der Waals surface area contributed by atoms with Gasteiger partial charge in [-0.05, 0) is 29.7 Å².